The second-order valence-electron chi connectivity index (χ2n) is 6.68. The summed E-state index contributed by atoms with van der Waals surface area (Å²) in [5.41, 5.74) is 6.06. The van der Waals surface area contributed by atoms with Crippen LogP contribution in [0.1, 0.15) is 67.4 Å². The lowest BCUT2D eigenvalue weighted by Gasteiger charge is -2.14. The number of thiophene rings is 1. The molecular formula is C18H27NO3S. The van der Waals surface area contributed by atoms with Gasteiger partial charge in [0, 0.05) is 5.41 Å². The van der Waals surface area contributed by atoms with E-state index in [4.69, 9.17) is 10.8 Å². The van der Waals surface area contributed by atoms with Crippen LogP contribution in [0.3, 0.4) is 0 Å². The maximum absolute atomic E-state index is 11.3. The lowest BCUT2D eigenvalue weighted by Crippen LogP contribution is -2.09. The summed E-state index contributed by atoms with van der Waals surface area (Å²) < 4.78 is 4.62. The van der Waals surface area contributed by atoms with Crippen LogP contribution in [0.2, 0.25) is 0 Å². The number of nitrogens with two attached hydrogens (primary N) is 1. The highest BCUT2D eigenvalue weighted by molar-refractivity contribution is 7.15. The first-order valence-electron chi connectivity index (χ1n) is 7.92. The molecule has 23 heavy (non-hydrogen) atoms. The van der Waals surface area contributed by atoms with Gasteiger partial charge in [0.1, 0.15) is 4.88 Å². The zero-order valence-corrected chi connectivity index (χ0v) is 15.3. The molecule has 1 aliphatic carbocycles. The van der Waals surface area contributed by atoms with Gasteiger partial charge in [0.25, 0.3) is 0 Å². The summed E-state index contributed by atoms with van der Waals surface area (Å²) in [6.07, 6.45) is 5.92. The molecule has 1 fully saturated rings. The van der Waals surface area contributed by atoms with Gasteiger partial charge >= 0.3 is 5.97 Å². The molecule has 0 atom stereocenters. The van der Waals surface area contributed by atoms with E-state index in [0.29, 0.717) is 10.6 Å². The Labute approximate surface area is 143 Å². The molecule has 1 aromatic rings. The highest BCUT2D eigenvalue weighted by Gasteiger charge is 2.14. The van der Waals surface area contributed by atoms with E-state index in [9.17, 15) is 4.79 Å². The molecule has 3 N–H and O–H groups in total. The number of aliphatic hydroxyl groups excluding tert-OH is 1. The van der Waals surface area contributed by atoms with E-state index in [0.717, 1.165) is 17.7 Å². The lowest BCUT2D eigenvalue weighted by molar-refractivity contribution is 0.0607. The van der Waals surface area contributed by atoms with Crippen LogP contribution < -0.4 is 5.73 Å². The molecular weight excluding hydrogens is 310 g/mol. The van der Waals surface area contributed by atoms with Crippen LogP contribution in [-0.2, 0) is 4.74 Å². The molecule has 5 heteroatoms. The molecule has 0 aromatic carbocycles. The molecule has 0 spiro atoms. The average Bonchev–Trinajstić information content (AvgIpc) is 2.86. The first-order chi connectivity index (χ1) is 10.7. The van der Waals surface area contributed by atoms with Crippen molar-refractivity contribution in [2.45, 2.75) is 59.0 Å². The Morgan fingerprint density at radius 3 is 2.39 bits per heavy atom. The fourth-order valence-corrected chi connectivity index (χ4v) is 2.90. The molecule has 0 aliphatic heterocycles. The van der Waals surface area contributed by atoms with E-state index in [2.05, 4.69) is 16.6 Å². The standard InChI is InChI=1S/C12H15NO2S.C6H12O/c1-12(2,3)6-5-8-7-9(13)10(16-8)11(14)15-4;7-6-4-2-1-3-5-6/h7H,13H2,1-4H3;6-7H,1-5H2. The van der Waals surface area contributed by atoms with E-state index in [1.54, 1.807) is 6.07 Å². The van der Waals surface area contributed by atoms with E-state index in [1.807, 2.05) is 20.8 Å². The number of methoxy groups -OCH3 is 1. The number of anilines is 1. The molecule has 0 bridgehead atoms. The molecule has 0 unspecified atom stereocenters. The molecule has 4 nitrogen and oxygen atoms in total. The largest absolute Gasteiger partial charge is 0.465 e. The first-order valence-corrected chi connectivity index (χ1v) is 8.73. The monoisotopic (exact) mass is 337 g/mol. The highest BCUT2D eigenvalue weighted by atomic mass is 32.1. The van der Waals surface area contributed by atoms with Gasteiger partial charge in [-0.05, 0) is 39.7 Å². The molecule has 0 radical (unpaired) electrons. The summed E-state index contributed by atoms with van der Waals surface area (Å²) in [4.78, 5) is 12.5. The van der Waals surface area contributed by atoms with Crippen LogP contribution in [0.5, 0.6) is 0 Å². The highest BCUT2D eigenvalue weighted by Crippen LogP contribution is 2.25. The van der Waals surface area contributed by atoms with Gasteiger partial charge in [-0.2, -0.15) is 0 Å². The Balaban J connectivity index is 0.000000313. The van der Waals surface area contributed by atoms with Crippen LogP contribution in [0.4, 0.5) is 5.69 Å². The van der Waals surface area contributed by atoms with Crippen molar-refractivity contribution in [1.82, 2.24) is 0 Å². The lowest BCUT2D eigenvalue weighted by atomic mass is 9.98. The zero-order valence-electron chi connectivity index (χ0n) is 14.4. The van der Waals surface area contributed by atoms with E-state index in [1.165, 1.54) is 37.7 Å². The van der Waals surface area contributed by atoms with Gasteiger partial charge in [0.2, 0.25) is 0 Å². The van der Waals surface area contributed by atoms with E-state index >= 15 is 0 Å². The topological polar surface area (TPSA) is 72.5 Å². The van der Waals surface area contributed by atoms with E-state index < -0.39 is 5.97 Å². The molecule has 1 aliphatic rings. The Bertz CT molecular complexity index is 569. The fraction of sp³-hybridized carbons (Fsp3) is 0.611. The second kappa shape index (κ2) is 8.95. The number of ether oxygens (including phenoxy) is 1. The fourth-order valence-electron chi connectivity index (χ4n) is 2.05. The maximum atomic E-state index is 11.3. The number of hydrogen-bond acceptors (Lipinski definition) is 5. The van der Waals surface area contributed by atoms with Gasteiger partial charge in [0.05, 0.1) is 23.8 Å². The number of carbonyl (C=O) groups is 1. The minimum absolute atomic E-state index is 0.0359. The molecule has 128 valence electrons. The van der Waals surface area contributed by atoms with Crippen LogP contribution in [0, 0.1) is 17.3 Å². The average molecular weight is 337 g/mol. The Hall–Kier alpha value is -1.51. The van der Waals surface area contributed by atoms with Crippen molar-refractivity contribution in [1.29, 1.82) is 0 Å². The Morgan fingerprint density at radius 1 is 1.35 bits per heavy atom. The summed E-state index contributed by atoms with van der Waals surface area (Å²) in [7, 11) is 1.34. The Kier molecular flexibility index (Phi) is 7.60. The third-order valence-corrected chi connectivity index (χ3v) is 4.31. The van der Waals surface area contributed by atoms with Crippen molar-refractivity contribution in [3.8, 4) is 11.8 Å². The van der Waals surface area contributed by atoms with Gasteiger partial charge in [-0.3, -0.25) is 0 Å². The summed E-state index contributed by atoms with van der Waals surface area (Å²) in [5, 5.41) is 8.91. The van der Waals surface area contributed by atoms with Gasteiger partial charge in [-0.1, -0.05) is 31.1 Å². The molecule has 1 aromatic heterocycles. The van der Waals surface area contributed by atoms with Crippen LogP contribution in [0.25, 0.3) is 0 Å². The van der Waals surface area contributed by atoms with Gasteiger partial charge in [0.15, 0.2) is 0 Å². The third kappa shape index (κ3) is 7.54. The molecule has 0 saturated heterocycles. The molecule has 0 amide bonds. The molecule has 1 saturated carbocycles. The normalized spacial score (nSPS) is 15.0. The zero-order chi connectivity index (χ0) is 17.5. The molecule has 1 heterocycles. The summed E-state index contributed by atoms with van der Waals surface area (Å²) in [6, 6.07) is 1.70. The minimum Gasteiger partial charge on any atom is -0.465 e. The quantitative estimate of drug-likeness (QED) is 0.603. The second-order valence-corrected chi connectivity index (χ2v) is 7.73. The SMILES string of the molecule is COC(=O)c1sc(C#CC(C)(C)C)cc1N.OC1CCCCC1. The van der Waals surface area contributed by atoms with Crippen LogP contribution >= 0.6 is 11.3 Å². The number of carbonyl (C=O) groups excluding carboxylic acids is 1. The van der Waals surface area contributed by atoms with Crippen molar-refractivity contribution in [3.63, 3.8) is 0 Å². The molecule has 2 rings (SSSR count). The van der Waals surface area contributed by atoms with Crippen molar-refractivity contribution < 1.29 is 14.6 Å². The van der Waals surface area contributed by atoms with Crippen LogP contribution in [-0.4, -0.2) is 24.3 Å². The number of esters is 1. The van der Waals surface area contributed by atoms with Crippen molar-refractivity contribution in [3.05, 3.63) is 15.8 Å². The first kappa shape index (κ1) is 19.5. The van der Waals surface area contributed by atoms with Gasteiger partial charge < -0.3 is 15.6 Å². The predicted molar refractivity (Wildman–Crippen MR) is 95.5 cm³/mol. The van der Waals surface area contributed by atoms with Crippen molar-refractivity contribution >= 4 is 23.0 Å². The smallest absolute Gasteiger partial charge is 0.350 e. The van der Waals surface area contributed by atoms with Gasteiger partial charge in [-0.25, -0.2) is 4.79 Å². The Morgan fingerprint density at radius 2 is 1.96 bits per heavy atom. The maximum Gasteiger partial charge on any atom is 0.350 e. The minimum atomic E-state index is -0.411. The number of rotatable bonds is 1. The van der Waals surface area contributed by atoms with Crippen molar-refractivity contribution in [2.75, 3.05) is 12.8 Å². The number of hydrogen-bond donors (Lipinski definition) is 2. The van der Waals surface area contributed by atoms with Crippen LogP contribution in [0.15, 0.2) is 6.07 Å². The summed E-state index contributed by atoms with van der Waals surface area (Å²) in [6.45, 7) is 6.08. The summed E-state index contributed by atoms with van der Waals surface area (Å²) in [5.74, 6) is 5.68. The summed E-state index contributed by atoms with van der Waals surface area (Å²) >= 11 is 1.26. The third-order valence-electron chi connectivity index (χ3n) is 3.27. The van der Waals surface area contributed by atoms with Crippen molar-refractivity contribution in [2.24, 2.45) is 5.41 Å². The van der Waals surface area contributed by atoms with Gasteiger partial charge in [-0.15, -0.1) is 11.3 Å². The number of aliphatic hydroxyl groups is 1. The predicted octanol–water partition coefficient (Wildman–Crippen LogP) is 3.83. The van der Waals surface area contributed by atoms with E-state index in [-0.39, 0.29) is 11.5 Å². The number of nitrogen functional groups attached to an aromatic ring is 1.